The lowest BCUT2D eigenvalue weighted by molar-refractivity contribution is -0.132. The summed E-state index contributed by atoms with van der Waals surface area (Å²) < 4.78 is 0. The van der Waals surface area contributed by atoms with Crippen molar-refractivity contribution in [1.29, 1.82) is 0 Å². The summed E-state index contributed by atoms with van der Waals surface area (Å²) in [6.07, 6.45) is 6.38. The Balaban J connectivity index is 1.77. The van der Waals surface area contributed by atoms with E-state index in [0.29, 0.717) is 11.9 Å². The van der Waals surface area contributed by atoms with Crippen LogP contribution in [-0.4, -0.2) is 36.0 Å². The predicted molar refractivity (Wildman–Crippen MR) is 65.2 cm³/mol. The summed E-state index contributed by atoms with van der Waals surface area (Å²) in [5.41, 5.74) is 0. The number of likely N-dealkylation sites (tertiary alicyclic amines) is 1. The van der Waals surface area contributed by atoms with Crippen LogP contribution in [-0.2, 0) is 4.79 Å². The molecule has 0 radical (unpaired) electrons. The molecule has 0 bridgehead atoms. The Morgan fingerprint density at radius 1 is 1.19 bits per heavy atom. The molecular weight excluding hydrogens is 200 g/mol. The van der Waals surface area contributed by atoms with Gasteiger partial charge in [-0.25, -0.2) is 0 Å². The Labute approximate surface area is 98.6 Å². The van der Waals surface area contributed by atoms with Gasteiger partial charge in [0.2, 0.25) is 5.91 Å². The summed E-state index contributed by atoms with van der Waals surface area (Å²) in [6, 6.07) is 0.490. The third-order valence-electron chi connectivity index (χ3n) is 4.16. The fourth-order valence-corrected chi connectivity index (χ4v) is 2.75. The van der Waals surface area contributed by atoms with Gasteiger partial charge in [-0.05, 0) is 45.4 Å². The van der Waals surface area contributed by atoms with E-state index in [-0.39, 0.29) is 6.04 Å². The second-order valence-corrected chi connectivity index (χ2v) is 5.40. The first-order valence-electron chi connectivity index (χ1n) is 6.73. The molecule has 1 aliphatic heterocycles. The highest BCUT2D eigenvalue weighted by molar-refractivity contribution is 5.81. The van der Waals surface area contributed by atoms with Gasteiger partial charge in [0.05, 0.1) is 6.04 Å². The van der Waals surface area contributed by atoms with Gasteiger partial charge in [0.1, 0.15) is 0 Å². The predicted octanol–water partition coefficient (Wildman–Crippen LogP) is 1.78. The zero-order valence-electron chi connectivity index (χ0n) is 10.5. The number of carbonyl (C=O) groups excluding carboxylic acids is 1. The van der Waals surface area contributed by atoms with Crippen molar-refractivity contribution >= 4 is 5.91 Å². The molecule has 0 spiro atoms. The molecule has 1 heterocycles. The van der Waals surface area contributed by atoms with Crippen molar-refractivity contribution in [1.82, 2.24) is 10.2 Å². The van der Waals surface area contributed by atoms with Gasteiger partial charge in [-0.1, -0.05) is 6.42 Å². The Hall–Kier alpha value is -0.570. The van der Waals surface area contributed by atoms with Crippen molar-refractivity contribution in [2.75, 3.05) is 13.1 Å². The minimum atomic E-state index is -0.00583. The quantitative estimate of drug-likeness (QED) is 0.789. The average Bonchev–Trinajstić information content (AvgIpc) is 2.65. The zero-order valence-corrected chi connectivity index (χ0v) is 10.5. The van der Waals surface area contributed by atoms with Crippen LogP contribution in [0.1, 0.15) is 46.0 Å². The number of hydrogen-bond acceptors (Lipinski definition) is 2. The lowest BCUT2D eigenvalue weighted by Gasteiger charge is -2.34. The van der Waals surface area contributed by atoms with Crippen LogP contribution >= 0.6 is 0 Å². The minimum absolute atomic E-state index is 0.00583. The molecule has 1 saturated carbocycles. The fraction of sp³-hybridized carbons (Fsp3) is 0.923. The van der Waals surface area contributed by atoms with Gasteiger partial charge >= 0.3 is 0 Å². The summed E-state index contributed by atoms with van der Waals surface area (Å²) in [4.78, 5) is 14.1. The van der Waals surface area contributed by atoms with E-state index in [4.69, 9.17) is 0 Å². The van der Waals surface area contributed by atoms with E-state index in [0.717, 1.165) is 19.0 Å². The van der Waals surface area contributed by atoms with E-state index in [9.17, 15) is 4.79 Å². The van der Waals surface area contributed by atoms with E-state index in [1.807, 2.05) is 11.8 Å². The molecule has 16 heavy (non-hydrogen) atoms. The van der Waals surface area contributed by atoms with Crippen molar-refractivity contribution in [3.63, 3.8) is 0 Å². The van der Waals surface area contributed by atoms with Crippen molar-refractivity contribution in [3.8, 4) is 0 Å². The molecule has 2 atom stereocenters. The molecule has 1 N–H and O–H groups in total. The van der Waals surface area contributed by atoms with Crippen LogP contribution < -0.4 is 5.32 Å². The van der Waals surface area contributed by atoms with Crippen LogP contribution in [0.3, 0.4) is 0 Å². The van der Waals surface area contributed by atoms with Crippen LogP contribution in [0, 0.1) is 5.92 Å². The van der Waals surface area contributed by atoms with Crippen molar-refractivity contribution in [2.45, 2.75) is 58.0 Å². The zero-order chi connectivity index (χ0) is 11.5. The highest BCUT2D eigenvalue weighted by atomic mass is 16.2. The standard InChI is InChI=1S/C13H24N2O/c1-10(12-6-5-7-12)14-11(2)13(16)15-8-3-4-9-15/h10-12,14H,3-9H2,1-2H3. The van der Waals surface area contributed by atoms with E-state index in [1.165, 1.54) is 32.1 Å². The summed E-state index contributed by atoms with van der Waals surface area (Å²) >= 11 is 0. The minimum Gasteiger partial charge on any atom is -0.341 e. The number of hydrogen-bond donors (Lipinski definition) is 1. The van der Waals surface area contributed by atoms with Gasteiger partial charge in [-0.15, -0.1) is 0 Å². The molecular formula is C13H24N2O. The van der Waals surface area contributed by atoms with E-state index < -0.39 is 0 Å². The highest BCUT2D eigenvalue weighted by Gasteiger charge is 2.28. The molecule has 3 heteroatoms. The maximum atomic E-state index is 12.1. The molecule has 1 saturated heterocycles. The molecule has 0 aromatic carbocycles. The summed E-state index contributed by atoms with van der Waals surface area (Å²) in [5.74, 6) is 1.09. The molecule has 2 rings (SSSR count). The van der Waals surface area contributed by atoms with E-state index in [1.54, 1.807) is 0 Å². The smallest absolute Gasteiger partial charge is 0.239 e. The summed E-state index contributed by atoms with van der Waals surface area (Å²) in [6.45, 7) is 6.15. The number of amides is 1. The van der Waals surface area contributed by atoms with Gasteiger partial charge in [0, 0.05) is 19.1 Å². The van der Waals surface area contributed by atoms with Gasteiger partial charge in [0.15, 0.2) is 0 Å². The Bertz CT molecular complexity index is 244. The second-order valence-electron chi connectivity index (χ2n) is 5.40. The first-order valence-corrected chi connectivity index (χ1v) is 6.73. The van der Waals surface area contributed by atoms with Gasteiger partial charge in [-0.2, -0.15) is 0 Å². The molecule has 0 aromatic rings. The monoisotopic (exact) mass is 224 g/mol. The van der Waals surface area contributed by atoms with E-state index >= 15 is 0 Å². The largest absolute Gasteiger partial charge is 0.341 e. The molecule has 1 amide bonds. The molecule has 92 valence electrons. The fourth-order valence-electron chi connectivity index (χ4n) is 2.75. The lowest BCUT2D eigenvalue weighted by Crippen LogP contribution is -2.49. The third kappa shape index (κ3) is 2.57. The van der Waals surface area contributed by atoms with Crippen LogP contribution in [0.15, 0.2) is 0 Å². The number of nitrogens with one attached hydrogen (secondary N) is 1. The number of carbonyl (C=O) groups is 1. The van der Waals surface area contributed by atoms with Crippen molar-refractivity contribution in [3.05, 3.63) is 0 Å². The summed E-state index contributed by atoms with van der Waals surface area (Å²) in [7, 11) is 0. The number of rotatable bonds is 4. The third-order valence-corrected chi connectivity index (χ3v) is 4.16. The van der Waals surface area contributed by atoms with Crippen LogP contribution in [0.5, 0.6) is 0 Å². The van der Waals surface area contributed by atoms with E-state index in [2.05, 4.69) is 12.2 Å². The maximum absolute atomic E-state index is 12.1. The van der Waals surface area contributed by atoms with Gasteiger partial charge in [-0.3, -0.25) is 4.79 Å². The first kappa shape index (κ1) is 11.9. The lowest BCUT2D eigenvalue weighted by atomic mass is 9.80. The molecule has 2 aliphatic rings. The van der Waals surface area contributed by atoms with Gasteiger partial charge < -0.3 is 10.2 Å². The normalized spacial score (nSPS) is 25.2. The Kier molecular flexibility index (Phi) is 3.85. The molecule has 1 aliphatic carbocycles. The SMILES string of the molecule is CC(NC(C)C1CCC1)C(=O)N1CCCC1. The summed E-state index contributed by atoms with van der Waals surface area (Å²) in [5, 5.41) is 3.47. The Morgan fingerprint density at radius 2 is 1.81 bits per heavy atom. The molecule has 2 unspecified atom stereocenters. The van der Waals surface area contributed by atoms with Crippen LogP contribution in [0.25, 0.3) is 0 Å². The van der Waals surface area contributed by atoms with Gasteiger partial charge in [0.25, 0.3) is 0 Å². The highest BCUT2D eigenvalue weighted by Crippen LogP contribution is 2.29. The average molecular weight is 224 g/mol. The molecule has 3 nitrogen and oxygen atoms in total. The van der Waals surface area contributed by atoms with Crippen LogP contribution in [0.2, 0.25) is 0 Å². The maximum Gasteiger partial charge on any atom is 0.239 e. The van der Waals surface area contributed by atoms with Crippen molar-refractivity contribution < 1.29 is 4.79 Å². The molecule has 2 fully saturated rings. The van der Waals surface area contributed by atoms with Crippen molar-refractivity contribution in [2.24, 2.45) is 5.92 Å². The topological polar surface area (TPSA) is 32.3 Å². The molecule has 0 aromatic heterocycles. The number of nitrogens with zero attached hydrogens (tertiary/aromatic N) is 1. The Morgan fingerprint density at radius 3 is 2.31 bits per heavy atom. The second kappa shape index (κ2) is 5.17. The first-order chi connectivity index (χ1) is 7.68. The van der Waals surface area contributed by atoms with Crippen LogP contribution in [0.4, 0.5) is 0 Å².